The summed E-state index contributed by atoms with van der Waals surface area (Å²) in [5.74, 6) is 1.04. The van der Waals surface area contributed by atoms with Crippen molar-refractivity contribution < 1.29 is 5.11 Å². The molecule has 1 N–H and O–H groups in total. The Morgan fingerprint density at radius 3 is 1.70 bits per heavy atom. The number of para-hydroxylation sites is 1. The fraction of sp³-hybridized carbons (Fsp3) is 0.261. The number of hydrogen-bond donors (Lipinski definition) is 1. The maximum absolute atomic E-state index is 11.3. The Bertz CT molecular complexity index is 2040. The number of phenolic OH excluding ortho intramolecular Hbond substituents is 1. The molecule has 0 atom stereocenters. The Morgan fingerprint density at radius 2 is 1.08 bits per heavy atom. The SMILES string of the molecule is CC(C)(C)c1cc(-c2cc(-c3cccc(N(c4ccccc4)c4ccccn4)c3)nc(-c3cc(C(C)(C)C)ccc3O)c2)cc(C(C)(C)C)c1. The molecule has 0 radical (unpaired) electrons. The van der Waals surface area contributed by atoms with Crippen LogP contribution in [0.25, 0.3) is 33.6 Å². The van der Waals surface area contributed by atoms with Gasteiger partial charge in [-0.1, -0.05) is 123 Å². The summed E-state index contributed by atoms with van der Waals surface area (Å²) in [6.07, 6.45) is 1.82. The van der Waals surface area contributed by atoms with E-state index in [1.807, 2.05) is 48.7 Å². The van der Waals surface area contributed by atoms with Crippen LogP contribution in [0.15, 0.2) is 128 Å². The lowest BCUT2D eigenvalue weighted by Gasteiger charge is -2.26. The van der Waals surface area contributed by atoms with E-state index in [9.17, 15) is 5.11 Å². The molecular weight excluding hydrogens is 611 g/mol. The number of phenols is 1. The Morgan fingerprint density at radius 1 is 0.480 bits per heavy atom. The molecule has 0 aliphatic heterocycles. The predicted molar refractivity (Wildman–Crippen MR) is 211 cm³/mol. The normalized spacial score (nSPS) is 12.2. The van der Waals surface area contributed by atoms with E-state index in [1.54, 1.807) is 6.07 Å². The first-order chi connectivity index (χ1) is 23.6. The highest BCUT2D eigenvalue weighted by Crippen LogP contribution is 2.41. The number of benzene rings is 4. The second-order valence-corrected chi connectivity index (χ2v) is 16.3. The standard InChI is InChI=1S/C46H49N3O/c1-44(2,3)34-21-22-42(50)39(30-34)41-28-33(32-24-35(45(4,5)6)29-36(25-32)46(7,8)9)27-40(48-41)31-16-15-19-38(26-31)49(37-17-11-10-12-18-37)43-20-13-14-23-47-43/h10-30,50H,1-9H3. The van der Waals surface area contributed by atoms with Crippen molar-refractivity contribution in [3.63, 3.8) is 0 Å². The molecule has 2 heterocycles. The predicted octanol–water partition coefficient (Wildman–Crippen LogP) is 12.5. The Labute approximate surface area is 298 Å². The largest absolute Gasteiger partial charge is 0.507 e. The number of pyridine rings is 2. The van der Waals surface area contributed by atoms with Crippen LogP contribution in [0.1, 0.15) is 79.0 Å². The molecule has 0 unspecified atom stereocenters. The van der Waals surface area contributed by atoms with Crippen LogP contribution in [0, 0.1) is 0 Å². The van der Waals surface area contributed by atoms with Gasteiger partial charge in [0, 0.05) is 28.7 Å². The summed E-state index contributed by atoms with van der Waals surface area (Å²) >= 11 is 0. The van der Waals surface area contributed by atoms with Crippen molar-refractivity contribution in [1.29, 1.82) is 0 Å². The van der Waals surface area contributed by atoms with Crippen molar-refractivity contribution in [3.8, 4) is 39.4 Å². The zero-order valence-corrected chi connectivity index (χ0v) is 30.9. The van der Waals surface area contributed by atoms with Gasteiger partial charge in [-0.25, -0.2) is 9.97 Å². The molecule has 0 saturated carbocycles. The van der Waals surface area contributed by atoms with Gasteiger partial charge in [0.1, 0.15) is 11.6 Å². The Hall–Kier alpha value is -5.22. The summed E-state index contributed by atoms with van der Waals surface area (Å²) in [7, 11) is 0. The van der Waals surface area contributed by atoms with Crippen LogP contribution >= 0.6 is 0 Å². The molecule has 0 fully saturated rings. The molecule has 4 heteroatoms. The molecule has 0 amide bonds. The number of aromatic nitrogens is 2. The fourth-order valence-electron chi connectivity index (χ4n) is 6.13. The molecule has 0 aliphatic carbocycles. The van der Waals surface area contributed by atoms with Gasteiger partial charge >= 0.3 is 0 Å². The van der Waals surface area contributed by atoms with Gasteiger partial charge in [-0.2, -0.15) is 0 Å². The molecule has 254 valence electrons. The highest BCUT2D eigenvalue weighted by atomic mass is 16.3. The highest BCUT2D eigenvalue weighted by molar-refractivity contribution is 5.82. The lowest BCUT2D eigenvalue weighted by atomic mass is 9.79. The summed E-state index contributed by atoms with van der Waals surface area (Å²) in [6, 6.07) is 41.9. The van der Waals surface area contributed by atoms with Crippen molar-refractivity contribution in [2.75, 3.05) is 4.90 Å². The molecule has 2 aromatic heterocycles. The highest BCUT2D eigenvalue weighted by Gasteiger charge is 2.23. The summed E-state index contributed by atoms with van der Waals surface area (Å²) < 4.78 is 0. The van der Waals surface area contributed by atoms with E-state index in [1.165, 1.54) is 11.1 Å². The van der Waals surface area contributed by atoms with Gasteiger partial charge in [0.25, 0.3) is 0 Å². The third-order valence-electron chi connectivity index (χ3n) is 9.26. The van der Waals surface area contributed by atoms with E-state index in [0.29, 0.717) is 0 Å². The molecular formula is C46H49N3O. The zero-order chi connectivity index (χ0) is 35.8. The van der Waals surface area contributed by atoms with Crippen LogP contribution in [0.4, 0.5) is 17.2 Å². The molecule has 4 nitrogen and oxygen atoms in total. The molecule has 6 aromatic rings. The number of anilines is 3. The van der Waals surface area contributed by atoms with Gasteiger partial charge in [0.2, 0.25) is 0 Å². The second kappa shape index (κ2) is 13.2. The maximum Gasteiger partial charge on any atom is 0.137 e. The average molecular weight is 660 g/mol. The van der Waals surface area contributed by atoms with Gasteiger partial charge in [-0.05, 0) is 105 Å². The molecule has 4 aromatic carbocycles. The third kappa shape index (κ3) is 7.50. The smallest absolute Gasteiger partial charge is 0.137 e. The number of aromatic hydroxyl groups is 1. The lowest BCUT2D eigenvalue weighted by Crippen LogP contribution is -2.16. The van der Waals surface area contributed by atoms with E-state index in [0.717, 1.165) is 56.4 Å². The van der Waals surface area contributed by atoms with Gasteiger partial charge in [0.15, 0.2) is 0 Å². The van der Waals surface area contributed by atoms with E-state index >= 15 is 0 Å². The topological polar surface area (TPSA) is 49.2 Å². The van der Waals surface area contributed by atoms with E-state index in [-0.39, 0.29) is 22.0 Å². The van der Waals surface area contributed by atoms with Crippen LogP contribution in [0.5, 0.6) is 5.75 Å². The molecule has 0 spiro atoms. The monoisotopic (exact) mass is 659 g/mol. The Balaban J connectivity index is 1.60. The van der Waals surface area contributed by atoms with E-state index < -0.39 is 0 Å². The van der Waals surface area contributed by atoms with Crippen molar-refractivity contribution in [1.82, 2.24) is 9.97 Å². The summed E-state index contributed by atoms with van der Waals surface area (Å²) in [5.41, 5.74) is 11.0. The molecule has 50 heavy (non-hydrogen) atoms. The summed E-state index contributed by atoms with van der Waals surface area (Å²) in [4.78, 5) is 12.2. The minimum atomic E-state index is -0.0910. The molecule has 0 saturated heterocycles. The maximum atomic E-state index is 11.3. The van der Waals surface area contributed by atoms with Crippen LogP contribution in [0.2, 0.25) is 0 Å². The first kappa shape index (κ1) is 34.6. The fourth-order valence-corrected chi connectivity index (χ4v) is 6.13. The van der Waals surface area contributed by atoms with Gasteiger partial charge in [0.05, 0.1) is 11.4 Å². The van der Waals surface area contributed by atoms with Crippen LogP contribution in [-0.2, 0) is 16.2 Å². The van der Waals surface area contributed by atoms with Crippen LogP contribution < -0.4 is 4.90 Å². The first-order valence-electron chi connectivity index (χ1n) is 17.5. The van der Waals surface area contributed by atoms with Crippen LogP contribution in [-0.4, -0.2) is 15.1 Å². The van der Waals surface area contributed by atoms with Crippen molar-refractivity contribution >= 4 is 17.2 Å². The van der Waals surface area contributed by atoms with Crippen molar-refractivity contribution in [2.24, 2.45) is 0 Å². The average Bonchev–Trinajstić information content (AvgIpc) is 3.08. The van der Waals surface area contributed by atoms with Gasteiger partial charge < -0.3 is 5.11 Å². The minimum absolute atomic E-state index is 0.0330. The van der Waals surface area contributed by atoms with Gasteiger partial charge in [-0.3, -0.25) is 4.90 Å². The van der Waals surface area contributed by atoms with E-state index in [2.05, 4.69) is 140 Å². The molecule has 0 bridgehead atoms. The van der Waals surface area contributed by atoms with E-state index in [4.69, 9.17) is 9.97 Å². The zero-order valence-electron chi connectivity index (χ0n) is 30.9. The van der Waals surface area contributed by atoms with Crippen LogP contribution in [0.3, 0.4) is 0 Å². The number of hydrogen-bond acceptors (Lipinski definition) is 4. The number of rotatable bonds is 6. The molecule has 6 rings (SSSR count). The lowest BCUT2D eigenvalue weighted by molar-refractivity contribution is 0.476. The Kier molecular flexibility index (Phi) is 9.17. The third-order valence-corrected chi connectivity index (χ3v) is 9.26. The number of nitrogens with zero attached hydrogens (tertiary/aromatic N) is 3. The van der Waals surface area contributed by atoms with Gasteiger partial charge in [-0.15, -0.1) is 0 Å². The molecule has 0 aliphatic rings. The first-order valence-corrected chi connectivity index (χ1v) is 17.5. The minimum Gasteiger partial charge on any atom is -0.507 e. The summed E-state index contributed by atoms with van der Waals surface area (Å²) in [5, 5.41) is 11.3. The van der Waals surface area contributed by atoms with Crippen molar-refractivity contribution in [3.05, 3.63) is 144 Å². The summed E-state index contributed by atoms with van der Waals surface area (Å²) in [6.45, 7) is 20.2. The quantitative estimate of drug-likeness (QED) is 0.193. The van der Waals surface area contributed by atoms with Crippen molar-refractivity contribution in [2.45, 2.75) is 78.6 Å². The second-order valence-electron chi connectivity index (χ2n) is 16.3.